The van der Waals surface area contributed by atoms with Crippen LogP contribution in [0.25, 0.3) is 0 Å². The molecule has 0 aliphatic heterocycles. The molecule has 0 aromatic rings. The molecule has 0 radical (unpaired) electrons. The number of hydrogen-bond donors (Lipinski definition) is 3. The van der Waals surface area contributed by atoms with Crippen molar-refractivity contribution in [3.05, 3.63) is 48.6 Å². The van der Waals surface area contributed by atoms with E-state index in [0.717, 1.165) is 38.5 Å². The zero-order valence-corrected chi connectivity index (χ0v) is 42.6. The number of aliphatic hydroxyl groups excluding tert-OH is 2. The lowest BCUT2D eigenvalue weighted by atomic mass is 10.0. The smallest absolute Gasteiger partial charge is 0.220 e. The van der Waals surface area contributed by atoms with Gasteiger partial charge in [0.25, 0.3) is 0 Å². The zero-order valence-electron chi connectivity index (χ0n) is 42.6. The molecule has 0 aliphatic rings. The van der Waals surface area contributed by atoms with Crippen LogP contribution in [0, 0.1) is 0 Å². The summed E-state index contributed by atoms with van der Waals surface area (Å²) in [7, 11) is 0. The summed E-state index contributed by atoms with van der Waals surface area (Å²) in [6.45, 7) is 4.31. The number of nitrogens with one attached hydrogen (secondary N) is 1. The third-order valence-electron chi connectivity index (χ3n) is 13.0. The maximum absolute atomic E-state index is 12.4. The zero-order chi connectivity index (χ0) is 45.6. The standard InChI is InChI=1S/C59H111NO3/c1-3-5-7-9-11-13-15-17-19-21-23-24-25-26-27-28-29-30-31-32-33-34-35-36-37-38-40-42-44-46-48-50-52-54-58(62)57(56-61)60-59(63)55-53-51-49-47-45-43-41-39-22-20-18-16-14-12-10-8-6-4-2/h20,22,37-38,44,46,52,54,57-58,61-62H,3-19,21,23-36,39-43,45,47-51,53,55-56H2,1-2H3,(H,60,63)/b22-20-,38-37+,46-44+,54-52+. The number of carbonyl (C=O) groups excluding carboxylic acids is 1. The van der Waals surface area contributed by atoms with Crippen molar-refractivity contribution < 1.29 is 15.0 Å². The topological polar surface area (TPSA) is 69.6 Å². The molecule has 0 aliphatic carbocycles. The van der Waals surface area contributed by atoms with Crippen LogP contribution in [0.2, 0.25) is 0 Å². The second-order valence-electron chi connectivity index (χ2n) is 19.3. The number of amides is 1. The molecule has 4 heteroatoms. The van der Waals surface area contributed by atoms with Gasteiger partial charge >= 0.3 is 0 Å². The fraction of sp³-hybridized carbons (Fsp3) is 0.847. The van der Waals surface area contributed by atoms with Gasteiger partial charge in [0.15, 0.2) is 0 Å². The number of unbranched alkanes of at least 4 members (excludes halogenated alkanes) is 39. The summed E-state index contributed by atoms with van der Waals surface area (Å²) in [6, 6.07) is -0.649. The fourth-order valence-electron chi connectivity index (χ4n) is 8.68. The van der Waals surface area contributed by atoms with E-state index >= 15 is 0 Å². The molecule has 0 saturated heterocycles. The first-order valence-corrected chi connectivity index (χ1v) is 28.4. The van der Waals surface area contributed by atoms with E-state index in [1.165, 1.54) is 244 Å². The van der Waals surface area contributed by atoms with Crippen molar-refractivity contribution in [2.24, 2.45) is 0 Å². The highest BCUT2D eigenvalue weighted by Crippen LogP contribution is 2.17. The number of aliphatic hydroxyl groups is 2. The van der Waals surface area contributed by atoms with Crippen molar-refractivity contribution in [3.8, 4) is 0 Å². The van der Waals surface area contributed by atoms with Crippen LogP contribution in [0.1, 0.15) is 303 Å². The molecular formula is C59H111NO3. The second-order valence-corrected chi connectivity index (χ2v) is 19.3. The molecule has 0 saturated carbocycles. The number of allylic oxidation sites excluding steroid dienone is 7. The monoisotopic (exact) mass is 882 g/mol. The maximum Gasteiger partial charge on any atom is 0.220 e. The van der Waals surface area contributed by atoms with E-state index in [1.807, 2.05) is 6.08 Å². The second kappa shape index (κ2) is 54.7. The largest absolute Gasteiger partial charge is 0.394 e. The molecule has 0 aromatic carbocycles. The van der Waals surface area contributed by atoms with Crippen molar-refractivity contribution in [1.29, 1.82) is 0 Å². The number of hydrogen-bond acceptors (Lipinski definition) is 3. The van der Waals surface area contributed by atoms with Gasteiger partial charge in [-0.2, -0.15) is 0 Å². The molecule has 370 valence electrons. The molecule has 2 unspecified atom stereocenters. The Kier molecular flexibility index (Phi) is 53.3. The highest BCUT2D eigenvalue weighted by atomic mass is 16.3. The molecule has 0 heterocycles. The summed E-state index contributed by atoms with van der Waals surface area (Å²) in [6.07, 6.45) is 75.7. The highest BCUT2D eigenvalue weighted by molar-refractivity contribution is 5.76. The van der Waals surface area contributed by atoms with Crippen LogP contribution in [-0.2, 0) is 4.79 Å². The maximum atomic E-state index is 12.4. The number of rotatable bonds is 52. The summed E-state index contributed by atoms with van der Waals surface area (Å²) in [4.78, 5) is 12.4. The Hall–Kier alpha value is -1.65. The SMILES string of the molecule is CCCCCCCCC/C=C\CCCCCCCCCC(=O)NC(CO)C(O)/C=C/CC/C=C/CC/C=C/CCCCCCCCCCCCCCCCCCCCCCCCC. The molecule has 0 aromatic heterocycles. The van der Waals surface area contributed by atoms with Crippen LogP contribution in [0.3, 0.4) is 0 Å². The summed E-state index contributed by atoms with van der Waals surface area (Å²) in [5.41, 5.74) is 0. The van der Waals surface area contributed by atoms with Gasteiger partial charge in [0.05, 0.1) is 18.8 Å². The minimum Gasteiger partial charge on any atom is -0.394 e. The minimum absolute atomic E-state index is 0.0806. The molecule has 2 atom stereocenters. The van der Waals surface area contributed by atoms with Crippen molar-refractivity contribution in [2.75, 3.05) is 6.61 Å². The van der Waals surface area contributed by atoms with E-state index in [-0.39, 0.29) is 12.5 Å². The van der Waals surface area contributed by atoms with Gasteiger partial charge in [0, 0.05) is 6.42 Å². The van der Waals surface area contributed by atoms with E-state index in [2.05, 4.69) is 55.6 Å². The summed E-state index contributed by atoms with van der Waals surface area (Å²) < 4.78 is 0. The predicted octanol–water partition coefficient (Wildman–Crippen LogP) is 18.6. The van der Waals surface area contributed by atoms with E-state index in [0.29, 0.717) is 6.42 Å². The van der Waals surface area contributed by atoms with E-state index < -0.39 is 12.1 Å². The molecule has 0 rings (SSSR count). The van der Waals surface area contributed by atoms with Crippen molar-refractivity contribution in [3.63, 3.8) is 0 Å². The molecular weight excluding hydrogens is 771 g/mol. The summed E-state index contributed by atoms with van der Waals surface area (Å²) in [5, 5.41) is 23.1. The lowest BCUT2D eigenvalue weighted by Crippen LogP contribution is -2.45. The van der Waals surface area contributed by atoms with Gasteiger partial charge < -0.3 is 15.5 Å². The van der Waals surface area contributed by atoms with E-state index in [4.69, 9.17) is 0 Å². The Labute approximate surface area is 394 Å². The van der Waals surface area contributed by atoms with Gasteiger partial charge in [-0.25, -0.2) is 0 Å². The molecule has 1 amide bonds. The van der Waals surface area contributed by atoms with Crippen LogP contribution < -0.4 is 5.32 Å². The Morgan fingerprint density at radius 2 is 0.619 bits per heavy atom. The predicted molar refractivity (Wildman–Crippen MR) is 281 cm³/mol. The van der Waals surface area contributed by atoms with Crippen LogP contribution >= 0.6 is 0 Å². The van der Waals surface area contributed by atoms with Gasteiger partial charge in [0.2, 0.25) is 5.91 Å². The first kappa shape index (κ1) is 61.4. The Bertz CT molecular complexity index is 1000. The van der Waals surface area contributed by atoms with Crippen molar-refractivity contribution in [1.82, 2.24) is 5.32 Å². The summed E-state index contributed by atoms with van der Waals surface area (Å²) >= 11 is 0. The average molecular weight is 883 g/mol. The van der Waals surface area contributed by atoms with Gasteiger partial charge in [-0.1, -0.05) is 274 Å². The lowest BCUT2D eigenvalue weighted by Gasteiger charge is -2.19. The highest BCUT2D eigenvalue weighted by Gasteiger charge is 2.18. The first-order chi connectivity index (χ1) is 31.2. The number of carbonyl (C=O) groups is 1. The van der Waals surface area contributed by atoms with Gasteiger partial charge in [-0.3, -0.25) is 4.79 Å². The van der Waals surface area contributed by atoms with E-state index in [1.54, 1.807) is 6.08 Å². The van der Waals surface area contributed by atoms with Crippen LogP contribution in [-0.4, -0.2) is 34.9 Å². The van der Waals surface area contributed by atoms with E-state index in [9.17, 15) is 15.0 Å². The van der Waals surface area contributed by atoms with Crippen molar-refractivity contribution >= 4 is 5.91 Å². The van der Waals surface area contributed by atoms with Crippen LogP contribution in [0.15, 0.2) is 48.6 Å². The molecule has 3 N–H and O–H groups in total. The molecule has 0 fully saturated rings. The van der Waals surface area contributed by atoms with Gasteiger partial charge in [0.1, 0.15) is 0 Å². The molecule has 0 bridgehead atoms. The van der Waals surface area contributed by atoms with Crippen LogP contribution in [0.4, 0.5) is 0 Å². The third kappa shape index (κ3) is 51.2. The van der Waals surface area contributed by atoms with Crippen molar-refractivity contribution in [2.45, 2.75) is 315 Å². The molecule has 63 heavy (non-hydrogen) atoms. The molecule has 4 nitrogen and oxygen atoms in total. The lowest BCUT2D eigenvalue weighted by molar-refractivity contribution is -0.123. The summed E-state index contributed by atoms with van der Waals surface area (Å²) in [5.74, 6) is -0.0806. The Morgan fingerprint density at radius 3 is 0.921 bits per heavy atom. The quantitative estimate of drug-likeness (QED) is 0.0421. The Balaban J connectivity index is 3.53. The minimum atomic E-state index is -0.873. The van der Waals surface area contributed by atoms with Gasteiger partial charge in [-0.15, -0.1) is 0 Å². The first-order valence-electron chi connectivity index (χ1n) is 28.4. The average Bonchev–Trinajstić information content (AvgIpc) is 3.29. The normalized spacial score (nSPS) is 13.1. The molecule has 0 spiro atoms. The van der Waals surface area contributed by atoms with Gasteiger partial charge in [-0.05, 0) is 70.6 Å². The van der Waals surface area contributed by atoms with Crippen LogP contribution in [0.5, 0.6) is 0 Å². The third-order valence-corrected chi connectivity index (χ3v) is 13.0. The fourth-order valence-corrected chi connectivity index (χ4v) is 8.68. The Morgan fingerprint density at radius 1 is 0.365 bits per heavy atom.